The predicted molar refractivity (Wildman–Crippen MR) is 37.2 cm³/mol. The van der Waals surface area contributed by atoms with E-state index in [-0.39, 0.29) is 38.3 Å². The summed E-state index contributed by atoms with van der Waals surface area (Å²) in [6.07, 6.45) is 0. The third kappa shape index (κ3) is 171. The molecule has 0 amide bonds. The van der Waals surface area contributed by atoms with Gasteiger partial charge >= 0.3 is 23.1 Å². The van der Waals surface area contributed by atoms with E-state index in [0.29, 0.717) is 0 Å². The average molecular weight is 137 g/mol. The minimum atomic E-state index is -0.500. The van der Waals surface area contributed by atoms with Crippen molar-refractivity contribution in [3.8, 4) is 0 Å². The molecule has 1 N–H and O–H groups in total. The van der Waals surface area contributed by atoms with Crippen LogP contribution in [0.4, 0.5) is 0 Å². The van der Waals surface area contributed by atoms with Gasteiger partial charge in [0.15, 0.2) is 0 Å². The van der Waals surface area contributed by atoms with Gasteiger partial charge in [-0.2, -0.15) is 0 Å². The van der Waals surface area contributed by atoms with Crippen molar-refractivity contribution in [2.75, 3.05) is 0 Å². The molecule has 0 aromatic rings. The van der Waals surface area contributed by atoms with Gasteiger partial charge < -0.3 is 7.96 Å². The Kier molecular flexibility index (Phi) is 11.6. The maximum Gasteiger partial charge on any atom is 2.00 e. The van der Waals surface area contributed by atoms with Crippen molar-refractivity contribution in [3.05, 3.63) is 0 Å². The fraction of sp³-hybridized carbons (Fsp3) is 1.00. The Bertz CT molecular complexity index is 34.0. The molecule has 0 spiro atoms. The first-order chi connectivity index (χ1) is 2.00. The van der Waals surface area contributed by atoms with E-state index in [9.17, 15) is 0 Å². The van der Waals surface area contributed by atoms with Crippen LogP contribution in [0.15, 0.2) is 0 Å². The summed E-state index contributed by atoms with van der Waals surface area (Å²) < 4.78 is 0. The smallest absolute Gasteiger partial charge is 1.00 e. The molecular weight excluding hydrogens is 124 g/mol. The zero-order chi connectivity index (χ0) is 4.50. The van der Waals surface area contributed by atoms with Crippen LogP contribution in [0.1, 0.15) is 23.6 Å². The number of rotatable bonds is 0. The van der Waals surface area contributed by atoms with Gasteiger partial charge in [0.1, 0.15) is 0 Å². The molecule has 0 saturated heterocycles. The fourth-order valence-electron chi connectivity index (χ4n) is 0. The van der Waals surface area contributed by atoms with Crippen molar-refractivity contribution >= 4 is 35.5 Å². The average Bonchev–Trinajstić information content (AvgIpc) is 0.722. The summed E-state index contributed by atoms with van der Waals surface area (Å²) in [7, 11) is 0. The summed E-state index contributed by atoms with van der Waals surface area (Å²) in [4.78, 5) is 0. The molecule has 0 aromatic heterocycles. The topological polar surface area (TPSA) is 20.2 Å². The Morgan fingerprint density at radius 3 is 1.29 bits per heavy atom. The van der Waals surface area contributed by atoms with Gasteiger partial charge in [0, 0.05) is 0 Å². The molecule has 0 bridgehead atoms. The number of halogens is 1. The van der Waals surface area contributed by atoms with Crippen LogP contribution >= 0.6 is 12.4 Å². The van der Waals surface area contributed by atoms with Gasteiger partial charge in [0.05, 0.1) is 5.60 Å². The summed E-state index contributed by atoms with van der Waals surface area (Å²) in [5.74, 6) is 0. The molecule has 0 heterocycles. The van der Waals surface area contributed by atoms with E-state index in [1.54, 1.807) is 20.8 Å². The summed E-state index contributed by atoms with van der Waals surface area (Å²) in [5, 5.41) is 8.52. The first kappa shape index (κ1) is 15.7. The van der Waals surface area contributed by atoms with E-state index in [2.05, 4.69) is 0 Å². The van der Waals surface area contributed by atoms with Crippen LogP contribution in [-0.2, 0) is 0 Å². The van der Waals surface area contributed by atoms with E-state index in [1.807, 2.05) is 0 Å². The second-order valence-corrected chi connectivity index (χ2v) is 2.17. The zero-order valence-electron chi connectivity index (χ0n) is 7.06. The monoisotopic (exact) mass is 136 g/mol. The van der Waals surface area contributed by atoms with Gasteiger partial charge in [-0.15, -0.1) is 12.4 Å². The Hall–Kier alpha value is 1.02. The number of hydrogen-bond acceptors (Lipinski definition) is 1. The van der Waals surface area contributed by atoms with Crippen molar-refractivity contribution in [3.63, 3.8) is 0 Å². The molecule has 0 saturated carbocycles. The van der Waals surface area contributed by atoms with Crippen molar-refractivity contribution in [1.29, 1.82) is 0 Å². The molecule has 1 nitrogen and oxygen atoms in total. The van der Waals surface area contributed by atoms with Crippen LogP contribution < -0.4 is 0 Å². The fourth-order valence-corrected chi connectivity index (χ4v) is 0. The van der Waals surface area contributed by atoms with Gasteiger partial charge in [-0.1, -0.05) is 0 Å². The summed E-state index contributed by atoms with van der Waals surface area (Å²) in [5.41, 5.74) is -0.500. The first-order valence-corrected chi connectivity index (χ1v) is 1.72. The molecule has 7 heavy (non-hydrogen) atoms. The predicted octanol–water partition coefficient (Wildman–Crippen LogP) is 1.04. The normalized spacial score (nSPS) is 8.57. The van der Waals surface area contributed by atoms with E-state index >= 15 is 0 Å². The van der Waals surface area contributed by atoms with Gasteiger partial charge in [-0.25, -0.2) is 0 Å². The van der Waals surface area contributed by atoms with Crippen LogP contribution in [0.25, 0.3) is 0 Å². The van der Waals surface area contributed by atoms with Gasteiger partial charge in [-0.3, -0.25) is 0 Å². The van der Waals surface area contributed by atoms with E-state index < -0.39 is 5.60 Å². The molecule has 0 aromatic carbocycles. The SMILES string of the molecule is CC(C)(C)O.Cl.[H-].[H-].[Mg+2]. The van der Waals surface area contributed by atoms with Crippen molar-refractivity contribution in [2.24, 2.45) is 0 Å². The Labute approximate surface area is 70.0 Å². The molecular formula is C4H13ClMgO. The van der Waals surface area contributed by atoms with Crippen LogP contribution in [-0.4, -0.2) is 33.8 Å². The standard InChI is InChI=1S/C4H10O.ClH.Mg.2H/c1-4(2,3)5;;;;/h5H,1-3H3;1H;;;/q;;+2;2*-1. The Morgan fingerprint density at radius 2 is 1.29 bits per heavy atom. The second kappa shape index (κ2) is 5.16. The van der Waals surface area contributed by atoms with Gasteiger partial charge in [0.25, 0.3) is 0 Å². The third-order valence-electron chi connectivity index (χ3n) is 0. The van der Waals surface area contributed by atoms with Crippen molar-refractivity contribution in [1.82, 2.24) is 0 Å². The summed E-state index contributed by atoms with van der Waals surface area (Å²) in [6.45, 7) is 5.23. The minimum Gasteiger partial charge on any atom is -1.00 e. The molecule has 0 radical (unpaired) electrons. The van der Waals surface area contributed by atoms with E-state index in [1.165, 1.54) is 0 Å². The zero-order valence-corrected chi connectivity index (χ0v) is 7.29. The molecule has 0 atom stereocenters. The van der Waals surface area contributed by atoms with Crippen LogP contribution in [0.5, 0.6) is 0 Å². The van der Waals surface area contributed by atoms with Gasteiger partial charge in [0.2, 0.25) is 0 Å². The Morgan fingerprint density at radius 1 is 1.29 bits per heavy atom. The minimum absolute atomic E-state index is 0. The van der Waals surface area contributed by atoms with Crippen LogP contribution in [0, 0.1) is 0 Å². The van der Waals surface area contributed by atoms with Crippen molar-refractivity contribution < 1.29 is 7.96 Å². The largest absolute Gasteiger partial charge is 2.00 e. The summed E-state index contributed by atoms with van der Waals surface area (Å²) >= 11 is 0. The number of hydrogen-bond donors (Lipinski definition) is 1. The van der Waals surface area contributed by atoms with Crippen LogP contribution in [0.2, 0.25) is 0 Å². The van der Waals surface area contributed by atoms with E-state index in [4.69, 9.17) is 5.11 Å². The molecule has 0 unspecified atom stereocenters. The maximum atomic E-state index is 8.52. The van der Waals surface area contributed by atoms with E-state index in [0.717, 1.165) is 0 Å². The molecule has 0 aliphatic rings. The first-order valence-electron chi connectivity index (χ1n) is 1.72. The van der Waals surface area contributed by atoms with Crippen LogP contribution in [0.3, 0.4) is 0 Å². The molecule has 0 aliphatic carbocycles. The third-order valence-corrected chi connectivity index (χ3v) is 0. The van der Waals surface area contributed by atoms with Gasteiger partial charge in [-0.05, 0) is 20.8 Å². The molecule has 0 rings (SSSR count). The molecule has 44 valence electrons. The van der Waals surface area contributed by atoms with Crippen molar-refractivity contribution in [2.45, 2.75) is 26.4 Å². The maximum absolute atomic E-state index is 8.52. The number of aliphatic hydroxyl groups is 1. The summed E-state index contributed by atoms with van der Waals surface area (Å²) in [6, 6.07) is 0. The quantitative estimate of drug-likeness (QED) is 0.494. The second-order valence-electron chi connectivity index (χ2n) is 2.17. The Balaban J connectivity index is -0.0000000133. The molecule has 3 heteroatoms. The molecule has 0 aliphatic heterocycles. The molecule has 0 fully saturated rings.